The molecule has 86 valence electrons. The fraction of sp³-hybridized carbons (Fsp3) is 0. The van der Waals surface area contributed by atoms with Crippen LogP contribution in [0, 0.1) is 5.82 Å². The van der Waals surface area contributed by atoms with Gasteiger partial charge in [-0.2, -0.15) is 0 Å². The van der Waals surface area contributed by atoms with Gasteiger partial charge in [0.15, 0.2) is 11.6 Å². The highest BCUT2D eigenvalue weighted by Gasteiger charge is 2.12. The van der Waals surface area contributed by atoms with Gasteiger partial charge in [0.1, 0.15) is 0 Å². The van der Waals surface area contributed by atoms with Gasteiger partial charge in [0.2, 0.25) is 0 Å². The third-order valence-corrected chi connectivity index (χ3v) is 2.31. The number of carboxylic acid groups (broad SMARTS) is 1. The maximum Gasteiger partial charge on any atom is 0.336 e. The van der Waals surface area contributed by atoms with Crippen molar-refractivity contribution in [2.75, 3.05) is 0 Å². The van der Waals surface area contributed by atoms with E-state index in [1.165, 1.54) is 30.6 Å². The number of phenolic OH excluding ortho intramolecular Hbond substituents is 1. The molecule has 5 heteroatoms. The Bertz CT molecular complexity index is 584. The summed E-state index contributed by atoms with van der Waals surface area (Å²) in [7, 11) is 0. The van der Waals surface area contributed by atoms with Gasteiger partial charge in [-0.1, -0.05) is 6.07 Å². The van der Waals surface area contributed by atoms with Crippen molar-refractivity contribution in [1.29, 1.82) is 0 Å². The lowest BCUT2D eigenvalue weighted by Crippen LogP contribution is -2.00. The Morgan fingerprint density at radius 2 is 2.06 bits per heavy atom. The summed E-state index contributed by atoms with van der Waals surface area (Å²) in [6.07, 6.45) is 2.69. The van der Waals surface area contributed by atoms with Gasteiger partial charge in [-0.3, -0.25) is 4.98 Å². The van der Waals surface area contributed by atoms with Crippen LogP contribution in [0.25, 0.3) is 11.1 Å². The molecular formula is C12H8FNO3. The van der Waals surface area contributed by atoms with Crippen LogP contribution in [0.2, 0.25) is 0 Å². The lowest BCUT2D eigenvalue weighted by atomic mass is 10.0. The van der Waals surface area contributed by atoms with Crippen LogP contribution in [-0.2, 0) is 0 Å². The molecule has 0 aliphatic carbocycles. The Morgan fingerprint density at radius 1 is 1.29 bits per heavy atom. The van der Waals surface area contributed by atoms with Crippen molar-refractivity contribution in [2.24, 2.45) is 0 Å². The van der Waals surface area contributed by atoms with E-state index in [-0.39, 0.29) is 5.56 Å². The number of pyridine rings is 1. The Kier molecular flexibility index (Phi) is 2.74. The molecule has 1 aromatic heterocycles. The molecule has 0 saturated heterocycles. The molecule has 2 N–H and O–H groups in total. The van der Waals surface area contributed by atoms with Gasteiger partial charge in [-0.05, 0) is 23.8 Å². The standard InChI is InChI=1S/C12H8FNO3/c13-10-5-7(1-2-11(10)15)9-6-14-4-3-8(9)12(16)17/h1-6,15H,(H,16,17). The van der Waals surface area contributed by atoms with Gasteiger partial charge in [0.05, 0.1) is 5.56 Å². The van der Waals surface area contributed by atoms with Crippen LogP contribution in [0.5, 0.6) is 5.75 Å². The molecule has 0 amide bonds. The molecule has 0 saturated carbocycles. The molecule has 0 spiro atoms. The van der Waals surface area contributed by atoms with E-state index in [2.05, 4.69) is 4.98 Å². The monoisotopic (exact) mass is 233 g/mol. The second-order valence-electron chi connectivity index (χ2n) is 3.39. The average Bonchev–Trinajstić information content (AvgIpc) is 2.32. The molecule has 1 heterocycles. The van der Waals surface area contributed by atoms with Crippen molar-refractivity contribution >= 4 is 5.97 Å². The van der Waals surface area contributed by atoms with Crippen molar-refractivity contribution in [3.8, 4) is 16.9 Å². The molecule has 0 bridgehead atoms. The predicted octanol–water partition coefficient (Wildman–Crippen LogP) is 2.29. The smallest absolute Gasteiger partial charge is 0.336 e. The highest BCUT2D eigenvalue weighted by Crippen LogP contribution is 2.26. The maximum absolute atomic E-state index is 13.2. The van der Waals surface area contributed by atoms with E-state index in [1.54, 1.807) is 0 Å². The van der Waals surface area contributed by atoms with E-state index in [4.69, 9.17) is 10.2 Å². The number of phenols is 1. The van der Waals surface area contributed by atoms with E-state index in [0.29, 0.717) is 11.1 Å². The van der Waals surface area contributed by atoms with Crippen molar-refractivity contribution in [2.45, 2.75) is 0 Å². The Hall–Kier alpha value is -2.43. The number of hydrogen-bond acceptors (Lipinski definition) is 3. The minimum Gasteiger partial charge on any atom is -0.505 e. The van der Waals surface area contributed by atoms with Crippen LogP contribution in [0.1, 0.15) is 10.4 Å². The molecule has 0 fully saturated rings. The van der Waals surface area contributed by atoms with E-state index in [0.717, 1.165) is 6.07 Å². The summed E-state index contributed by atoms with van der Waals surface area (Å²) in [6.45, 7) is 0. The first-order valence-electron chi connectivity index (χ1n) is 4.76. The number of hydrogen-bond donors (Lipinski definition) is 2. The summed E-state index contributed by atoms with van der Waals surface area (Å²) in [5.74, 6) is -2.40. The minimum absolute atomic E-state index is 0.0325. The summed E-state index contributed by atoms with van der Waals surface area (Å²) < 4.78 is 13.2. The molecule has 0 radical (unpaired) electrons. The molecule has 4 nitrogen and oxygen atoms in total. The Morgan fingerprint density at radius 3 is 2.71 bits per heavy atom. The number of nitrogens with zero attached hydrogens (tertiary/aromatic N) is 1. The van der Waals surface area contributed by atoms with E-state index in [1.807, 2.05) is 0 Å². The molecule has 0 atom stereocenters. The largest absolute Gasteiger partial charge is 0.505 e. The fourth-order valence-electron chi connectivity index (χ4n) is 1.49. The highest BCUT2D eigenvalue weighted by molar-refractivity contribution is 5.95. The van der Waals surface area contributed by atoms with Crippen LogP contribution in [0.3, 0.4) is 0 Å². The molecule has 2 aromatic rings. The van der Waals surface area contributed by atoms with Gasteiger partial charge in [0.25, 0.3) is 0 Å². The van der Waals surface area contributed by atoms with Crippen LogP contribution in [0.4, 0.5) is 4.39 Å². The van der Waals surface area contributed by atoms with Gasteiger partial charge in [0, 0.05) is 18.0 Å². The van der Waals surface area contributed by atoms with Gasteiger partial charge in [-0.15, -0.1) is 0 Å². The van der Waals surface area contributed by atoms with Crippen LogP contribution < -0.4 is 0 Å². The van der Waals surface area contributed by atoms with Crippen LogP contribution in [-0.4, -0.2) is 21.2 Å². The molecule has 17 heavy (non-hydrogen) atoms. The number of aromatic nitrogens is 1. The number of aromatic hydroxyl groups is 1. The SMILES string of the molecule is O=C(O)c1ccncc1-c1ccc(O)c(F)c1. The third-order valence-electron chi connectivity index (χ3n) is 2.31. The topological polar surface area (TPSA) is 70.4 Å². The van der Waals surface area contributed by atoms with Crippen LogP contribution in [0.15, 0.2) is 36.7 Å². The number of halogens is 1. The van der Waals surface area contributed by atoms with Crippen molar-refractivity contribution in [3.63, 3.8) is 0 Å². The first-order valence-corrected chi connectivity index (χ1v) is 4.76. The van der Waals surface area contributed by atoms with E-state index in [9.17, 15) is 9.18 Å². The first kappa shape index (κ1) is 11.1. The van der Waals surface area contributed by atoms with E-state index < -0.39 is 17.5 Å². The number of aromatic carboxylic acids is 1. The summed E-state index contributed by atoms with van der Waals surface area (Å²) in [5, 5.41) is 18.0. The van der Waals surface area contributed by atoms with Crippen molar-refractivity contribution in [3.05, 3.63) is 48.0 Å². The lowest BCUT2D eigenvalue weighted by Gasteiger charge is -2.06. The zero-order chi connectivity index (χ0) is 12.4. The number of carbonyl (C=O) groups is 1. The first-order chi connectivity index (χ1) is 8.09. The Balaban J connectivity index is 2.60. The summed E-state index contributed by atoms with van der Waals surface area (Å²) in [5.41, 5.74) is 0.690. The summed E-state index contributed by atoms with van der Waals surface area (Å²) >= 11 is 0. The number of carboxylic acids is 1. The lowest BCUT2D eigenvalue weighted by molar-refractivity contribution is 0.0697. The quantitative estimate of drug-likeness (QED) is 0.834. The van der Waals surface area contributed by atoms with E-state index >= 15 is 0 Å². The third kappa shape index (κ3) is 2.08. The number of rotatable bonds is 2. The molecule has 2 rings (SSSR count). The maximum atomic E-state index is 13.2. The molecule has 1 aromatic carbocycles. The molecular weight excluding hydrogens is 225 g/mol. The average molecular weight is 233 g/mol. The van der Waals surface area contributed by atoms with Crippen molar-refractivity contribution in [1.82, 2.24) is 4.98 Å². The second kappa shape index (κ2) is 4.21. The predicted molar refractivity (Wildman–Crippen MR) is 58.3 cm³/mol. The van der Waals surface area contributed by atoms with Crippen molar-refractivity contribution < 1.29 is 19.4 Å². The van der Waals surface area contributed by atoms with Gasteiger partial charge in [-0.25, -0.2) is 9.18 Å². The highest BCUT2D eigenvalue weighted by atomic mass is 19.1. The fourth-order valence-corrected chi connectivity index (χ4v) is 1.49. The summed E-state index contributed by atoms with van der Waals surface area (Å²) in [4.78, 5) is 14.8. The normalized spacial score (nSPS) is 10.2. The van der Waals surface area contributed by atoms with Gasteiger partial charge >= 0.3 is 5.97 Å². The molecule has 0 aliphatic heterocycles. The van der Waals surface area contributed by atoms with Gasteiger partial charge < -0.3 is 10.2 Å². The molecule has 0 unspecified atom stereocenters. The number of benzene rings is 1. The Labute approximate surface area is 96.0 Å². The zero-order valence-electron chi connectivity index (χ0n) is 8.59. The summed E-state index contributed by atoms with van der Waals surface area (Å²) in [6, 6.07) is 5.01. The second-order valence-corrected chi connectivity index (χ2v) is 3.39. The minimum atomic E-state index is -1.11. The molecule has 0 aliphatic rings. The van der Waals surface area contributed by atoms with Crippen LogP contribution >= 0.6 is 0 Å². The zero-order valence-corrected chi connectivity index (χ0v) is 8.59.